The van der Waals surface area contributed by atoms with Gasteiger partial charge in [0, 0.05) is 18.3 Å². The molecule has 2 atom stereocenters. The molecule has 1 aliphatic carbocycles. The fourth-order valence-corrected chi connectivity index (χ4v) is 3.81. The van der Waals surface area contributed by atoms with Crippen LogP contribution in [-0.4, -0.2) is 38.7 Å². The molecule has 1 saturated carbocycles. The first-order valence-electron chi connectivity index (χ1n) is 8.46. The van der Waals surface area contributed by atoms with E-state index in [1.54, 1.807) is 18.2 Å². The van der Waals surface area contributed by atoms with E-state index in [1.807, 2.05) is 6.07 Å². The summed E-state index contributed by atoms with van der Waals surface area (Å²) in [5.74, 6) is 0.596. The number of amides is 1. The molecule has 0 unspecified atom stereocenters. The Labute approximate surface area is 141 Å². The van der Waals surface area contributed by atoms with E-state index in [0.29, 0.717) is 17.4 Å². The summed E-state index contributed by atoms with van der Waals surface area (Å²) in [4.78, 5) is 24.1. The second kappa shape index (κ2) is 7.21. The summed E-state index contributed by atoms with van der Waals surface area (Å²) in [5, 5.41) is 6.43. The SMILES string of the molecule is COC(=O)COc1cccc(NC(=O)[C@@]23CCCC[C@H]2CNC3)c1. The molecule has 2 aliphatic rings. The van der Waals surface area contributed by atoms with E-state index in [9.17, 15) is 9.59 Å². The second-order valence-corrected chi connectivity index (χ2v) is 6.58. The topological polar surface area (TPSA) is 76.7 Å². The number of nitrogens with one attached hydrogen (secondary N) is 2. The van der Waals surface area contributed by atoms with Crippen molar-refractivity contribution in [3.05, 3.63) is 24.3 Å². The van der Waals surface area contributed by atoms with Crippen LogP contribution in [-0.2, 0) is 14.3 Å². The van der Waals surface area contributed by atoms with Crippen LogP contribution in [0.2, 0.25) is 0 Å². The number of hydrogen-bond acceptors (Lipinski definition) is 5. The molecule has 1 saturated heterocycles. The molecule has 3 rings (SSSR count). The van der Waals surface area contributed by atoms with Gasteiger partial charge in [0.25, 0.3) is 0 Å². The van der Waals surface area contributed by atoms with Gasteiger partial charge < -0.3 is 20.1 Å². The fourth-order valence-electron chi connectivity index (χ4n) is 3.81. The van der Waals surface area contributed by atoms with Crippen molar-refractivity contribution in [2.75, 3.05) is 32.1 Å². The Bertz CT molecular complexity index is 619. The zero-order valence-electron chi connectivity index (χ0n) is 14.0. The van der Waals surface area contributed by atoms with E-state index in [-0.39, 0.29) is 17.9 Å². The minimum atomic E-state index is -0.439. The summed E-state index contributed by atoms with van der Waals surface area (Å²) in [5.41, 5.74) is 0.397. The number of fused-ring (bicyclic) bond motifs is 1. The number of carbonyl (C=O) groups excluding carboxylic acids is 2. The predicted molar refractivity (Wildman–Crippen MR) is 89.8 cm³/mol. The number of esters is 1. The molecule has 2 N–H and O–H groups in total. The Balaban J connectivity index is 1.67. The molecule has 6 heteroatoms. The smallest absolute Gasteiger partial charge is 0.343 e. The summed E-state index contributed by atoms with van der Waals surface area (Å²) in [7, 11) is 1.32. The number of rotatable bonds is 5. The average Bonchev–Trinajstić information content (AvgIpc) is 3.05. The van der Waals surface area contributed by atoms with Gasteiger partial charge >= 0.3 is 5.97 Å². The molecule has 130 valence electrons. The summed E-state index contributed by atoms with van der Waals surface area (Å²) < 4.78 is 9.93. The van der Waals surface area contributed by atoms with Crippen molar-refractivity contribution in [1.29, 1.82) is 0 Å². The van der Waals surface area contributed by atoms with Crippen LogP contribution in [0.15, 0.2) is 24.3 Å². The molecule has 1 heterocycles. The van der Waals surface area contributed by atoms with Gasteiger partial charge in [-0.3, -0.25) is 4.79 Å². The standard InChI is InChI=1S/C18H24N2O4/c1-23-16(21)11-24-15-7-4-6-14(9-15)20-17(22)18-8-3-2-5-13(18)10-19-12-18/h4,6-7,9,13,19H,2-3,5,8,10-12H2,1H3,(H,20,22)/t13-,18+/m0/s1. The van der Waals surface area contributed by atoms with Gasteiger partial charge in [-0.05, 0) is 37.4 Å². The fraction of sp³-hybridized carbons (Fsp3) is 0.556. The van der Waals surface area contributed by atoms with E-state index in [4.69, 9.17) is 4.74 Å². The van der Waals surface area contributed by atoms with Gasteiger partial charge in [0.1, 0.15) is 5.75 Å². The van der Waals surface area contributed by atoms with E-state index in [2.05, 4.69) is 15.4 Å². The molecule has 0 radical (unpaired) electrons. The highest BCUT2D eigenvalue weighted by atomic mass is 16.6. The molecule has 0 spiro atoms. The maximum atomic E-state index is 12.9. The summed E-state index contributed by atoms with van der Waals surface area (Å²) >= 11 is 0. The van der Waals surface area contributed by atoms with E-state index in [1.165, 1.54) is 13.5 Å². The highest BCUT2D eigenvalue weighted by Gasteiger charge is 2.49. The Hall–Kier alpha value is -2.08. The number of ether oxygens (including phenoxy) is 2. The predicted octanol–water partition coefficient (Wildman–Crippen LogP) is 1.96. The molecule has 0 bridgehead atoms. The molecule has 24 heavy (non-hydrogen) atoms. The van der Waals surface area contributed by atoms with Crippen molar-refractivity contribution < 1.29 is 19.1 Å². The van der Waals surface area contributed by atoms with Crippen molar-refractivity contribution in [2.45, 2.75) is 25.7 Å². The summed E-state index contributed by atoms with van der Waals surface area (Å²) in [6, 6.07) is 7.11. The van der Waals surface area contributed by atoms with Gasteiger partial charge in [0.2, 0.25) is 5.91 Å². The first-order chi connectivity index (χ1) is 11.6. The number of methoxy groups -OCH3 is 1. The third-order valence-electron chi connectivity index (χ3n) is 5.17. The van der Waals surface area contributed by atoms with Gasteiger partial charge in [0.05, 0.1) is 12.5 Å². The molecular formula is C18H24N2O4. The molecule has 1 aromatic carbocycles. The lowest BCUT2D eigenvalue weighted by atomic mass is 9.67. The van der Waals surface area contributed by atoms with E-state index in [0.717, 1.165) is 32.4 Å². The number of hydrogen-bond donors (Lipinski definition) is 2. The van der Waals surface area contributed by atoms with Crippen molar-refractivity contribution in [2.24, 2.45) is 11.3 Å². The van der Waals surface area contributed by atoms with Gasteiger partial charge in [-0.15, -0.1) is 0 Å². The lowest BCUT2D eigenvalue weighted by Crippen LogP contribution is -2.44. The number of benzene rings is 1. The third kappa shape index (κ3) is 3.38. The zero-order valence-corrected chi connectivity index (χ0v) is 14.0. The molecule has 6 nitrogen and oxygen atoms in total. The van der Waals surface area contributed by atoms with Gasteiger partial charge in [0.15, 0.2) is 6.61 Å². The maximum Gasteiger partial charge on any atom is 0.343 e. The van der Waals surface area contributed by atoms with Crippen LogP contribution in [0.4, 0.5) is 5.69 Å². The summed E-state index contributed by atoms with van der Waals surface area (Å²) in [6.07, 6.45) is 4.36. The Morgan fingerprint density at radius 1 is 1.38 bits per heavy atom. The Kier molecular flexibility index (Phi) is 5.04. The molecular weight excluding hydrogens is 308 g/mol. The van der Waals surface area contributed by atoms with Crippen LogP contribution in [0.5, 0.6) is 5.75 Å². The molecule has 0 aromatic heterocycles. The maximum absolute atomic E-state index is 12.9. The van der Waals surface area contributed by atoms with Crippen molar-refractivity contribution in [3.63, 3.8) is 0 Å². The minimum Gasteiger partial charge on any atom is -0.482 e. The van der Waals surface area contributed by atoms with Crippen LogP contribution in [0.1, 0.15) is 25.7 Å². The lowest BCUT2D eigenvalue weighted by Gasteiger charge is -2.37. The van der Waals surface area contributed by atoms with Crippen LogP contribution in [0.25, 0.3) is 0 Å². The minimum absolute atomic E-state index is 0.0855. The monoisotopic (exact) mass is 332 g/mol. The lowest BCUT2D eigenvalue weighted by molar-refractivity contribution is -0.142. The second-order valence-electron chi connectivity index (χ2n) is 6.58. The Morgan fingerprint density at radius 2 is 2.25 bits per heavy atom. The first kappa shape index (κ1) is 16.8. The van der Waals surface area contributed by atoms with Gasteiger partial charge in [-0.25, -0.2) is 4.79 Å². The Morgan fingerprint density at radius 3 is 3.08 bits per heavy atom. The van der Waals surface area contributed by atoms with Crippen molar-refractivity contribution >= 4 is 17.6 Å². The highest BCUT2D eigenvalue weighted by molar-refractivity contribution is 5.96. The largest absolute Gasteiger partial charge is 0.482 e. The van der Waals surface area contributed by atoms with Gasteiger partial charge in [-0.2, -0.15) is 0 Å². The van der Waals surface area contributed by atoms with E-state index >= 15 is 0 Å². The van der Waals surface area contributed by atoms with Crippen molar-refractivity contribution in [3.8, 4) is 5.75 Å². The van der Waals surface area contributed by atoms with Gasteiger partial charge in [-0.1, -0.05) is 18.9 Å². The molecule has 1 amide bonds. The van der Waals surface area contributed by atoms with Crippen molar-refractivity contribution in [1.82, 2.24) is 5.32 Å². The van der Waals surface area contributed by atoms with E-state index < -0.39 is 5.97 Å². The first-order valence-corrected chi connectivity index (χ1v) is 8.46. The van der Waals surface area contributed by atoms with Crippen LogP contribution in [0.3, 0.4) is 0 Å². The van der Waals surface area contributed by atoms with Crippen LogP contribution >= 0.6 is 0 Å². The molecule has 2 fully saturated rings. The number of carbonyl (C=O) groups is 2. The quantitative estimate of drug-likeness (QED) is 0.806. The highest BCUT2D eigenvalue weighted by Crippen LogP contribution is 2.44. The zero-order chi connectivity index (χ0) is 17.0. The third-order valence-corrected chi connectivity index (χ3v) is 5.17. The van der Waals surface area contributed by atoms with Crippen LogP contribution in [0, 0.1) is 11.3 Å². The molecule has 1 aromatic rings. The molecule has 1 aliphatic heterocycles. The van der Waals surface area contributed by atoms with Crippen LogP contribution < -0.4 is 15.4 Å². The average molecular weight is 332 g/mol. The number of anilines is 1. The normalized spacial score (nSPS) is 25.6. The summed E-state index contributed by atoms with van der Waals surface area (Å²) in [6.45, 7) is 1.53.